The van der Waals surface area contributed by atoms with Gasteiger partial charge in [-0.15, -0.1) is 0 Å². The zero-order valence-corrected chi connectivity index (χ0v) is 35.6. The molecule has 0 bridgehead atoms. The molecule has 0 atom stereocenters. The molecule has 0 radical (unpaired) electrons. The van der Waals surface area contributed by atoms with Gasteiger partial charge >= 0.3 is 0 Å². The maximum Gasteiger partial charge on any atom is 0.143 e. The van der Waals surface area contributed by atoms with Gasteiger partial charge in [-0.2, -0.15) is 0 Å². The molecule has 1 heterocycles. The van der Waals surface area contributed by atoms with Gasteiger partial charge in [-0.25, -0.2) is 0 Å². The van der Waals surface area contributed by atoms with Crippen molar-refractivity contribution in [3.63, 3.8) is 0 Å². The lowest BCUT2D eigenvalue weighted by Crippen LogP contribution is -2.16. The number of fused-ring (bicyclic) bond motifs is 16. The molecule has 0 unspecified atom stereocenters. The van der Waals surface area contributed by atoms with Gasteiger partial charge in [0.05, 0.1) is 0 Å². The molecular weight excluding hydrogens is 775 g/mol. The van der Waals surface area contributed by atoms with Crippen molar-refractivity contribution in [3.8, 4) is 33.4 Å². The lowest BCUT2D eigenvalue weighted by Gasteiger charge is -2.28. The van der Waals surface area contributed by atoms with Crippen molar-refractivity contribution in [2.24, 2.45) is 0 Å². The first kappa shape index (κ1) is 35.6. The summed E-state index contributed by atoms with van der Waals surface area (Å²) >= 11 is 0. The Hall–Kier alpha value is -7.94. The van der Waals surface area contributed by atoms with Crippen LogP contribution in [0.5, 0.6) is 0 Å². The zero-order chi connectivity index (χ0) is 42.3. The monoisotopic (exact) mass is 815 g/mol. The van der Waals surface area contributed by atoms with Crippen molar-refractivity contribution in [2.75, 3.05) is 4.90 Å². The van der Waals surface area contributed by atoms with E-state index in [0.717, 1.165) is 51.0 Å². The Morgan fingerprint density at radius 2 is 0.953 bits per heavy atom. The van der Waals surface area contributed by atoms with Crippen LogP contribution >= 0.6 is 0 Å². The number of hydrogen-bond donors (Lipinski definition) is 0. The number of nitrogens with zero attached hydrogens (tertiary/aromatic N) is 1. The number of hydrogen-bond acceptors (Lipinski definition) is 2. The Bertz CT molecular complexity index is 3940. The fraction of sp³-hybridized carbons (Fsp3) is 0.0645. The SMILES string of the molecule is CC1(C)c2ccccc2-c2ccc(N(c3ccc4oc5c(-c6ccc7c(c6)Cc6ccccc6-7)c6ccccc6cc5c4c3)c3ccc4c5ccccc5c5ccccc5c4c3)cc21. The number of benzene rings is 11. The molecule has 11 aromatic carbocycles. The van der Waals surface area contributed by atoms with Crippen molar-refractivity contribution in [1.29, 1.82) is 0 Å². The van der Waals surface area contributed by atoms with Crippen LogP contribution in [0.15, 0.2) is 205 Å². The van der Waals surface area contributed by atoms with Gasteiger partial charge in [-0.3, -0.25) is 0 Å². The van der Waals surface area contributed by atoms with Gasteiger partial charge in [0.25, 0.3) is 0 Å². The maximum absolute atomic E-state index is 7.03. The lowest BCUT2D eigenvalue weighted by atomic mass is 9.82. The van der Waals surface area contributed by atoms with E-state index in [-0.39, 0.29) is 5.41 Å². The highest BCUT2D eigenvalue weighted by molar-refractivity contribution is 6.26. The number of furan rings is 1. The molecule has 14 rings (SSSR count). The fourth-order valence-corrected chi connectivity index (χ4v) is 11.6. The van der Waals surface area contributed by atoms with Gasteiger partial charge in [-0.05, 0) is 148 Å². The highest BCUT2D eigenvalue weighted by atomic mass is 16.3. The first-order valence-electron chi connectivity index (χ1n) is 22.5. The van der Waals surface area contributed by atoms with Crippen LogP contribution in [0.4, 0.5) is 17.1 Å². The molecular formula is C62H41NO. The van der Waals surface area contributed by atoms with Gasteiger partial charge in [-0.1, -0.05) is 166 Å². The van der Waals surface area contributed by atoms with Crippen molar-refractivity contribution in [1.82, 2.24) is 0 Å². The van der Waals surface area contributed by atoms with E-state index in [4.69, 9.17) is 4.42 Å². The van der Waals surface area contributed by atoms with Crippen molar-refractivity contribution < 1.29 is 4.42 Å². The molecule has 0 saturated carbocycles. The molecule has 12 aromatic rings. The van der Waals surface area contributed by atoms with Crippen LogP contribution in [0, 0.1) is 0 Å². The molecule has 0 spiro atoms. The third-order valence-corrected chi connectivity index (χ3v) is 14.6. The molecule has 0 saturated heterocycles. The molecule has 2 nitrogen and oxygen atoms in total. The second-order valence-corrected chi connectivity index (χ2v) is 18.4. The van der Waals surface area contributed by atoms with Gasteiger partial charge in [0, 0.05) is 38.8 Å². The summed E-state index contributed by atoms with van der Waals surface area (Å²) in [4.78, 5) is 2.46. The van der Waals surface area contributed by atoms with Crippen LogP contribution in [0.2, 0.25) is 0 Å². The minimum atomic E-state index is -0.144. The van der Waals surface area contributed by atoms with E-state index in [0.29, 0.717) is 0 Å². The summed E-state index contributed by atoms with van der Waals surface area (Å²) in [6, 6.07) is 74.4. The third kappa shape index (κ3) is 4.97. The standard InChI is InChI=1S/C62H41NO/c1-62(2)57-22-12-11-21-52(57)53-29-25-43(36-58(53)62)63(41-24-28-51-49-19-8-7-17-47(49)48-18-9-10-20-50(48)54(51)34-41)42-26-30-59-55(35-42)56-33-38-14-4-6-16-46(38)60(61(56)64-59)39-23-27-45-40(32-39)31-37-13-3-5-15-44(37)45/h3-30,32-36H,31H2,1-2H3. The smallest absolute Gasteiger partial charge is 0.143 e. The molecule has 0 amide bonds. The Morgan fingerprint density at radius 3 is 1.75 bits per heavy atom. The summed E-state index contributed by atoms with van der Waals surface area (Å²) in [6.45, 7) is 4.73. The number of rotatable bonds is 4. The minimum Gasteiger partial charge on any atom is -0.455 e. The summed E-state index contributed by atoms with van der Waals surface area (Å²) in [5.74, 6) is 0. The summed E-state index contributed by atoms with van der Waals surface area (Å²) in [5.41, 5.74) is 18.1. The zero-order valence-electron chi connectivity index (χ0n) is 35.6. The van der Waals surface area contributed by atoms with Gasteiger partial charge in [0.1, 0.15) is 11.2 Å². The van der Waals surface area contributed by atoms with Crippen LogP contribution in [0.3, 0.4) is 0 Å². The minimum absolute atomic E-state index is 0.144. The van der Waals surface area contributed by atoms with Crippen LogP contribution < -0.4 is 4.90 Å². The summed E-state index contributed by atoms with van der Waals surface area (Å²) < 4.78 is 7.03. The Balaban J connectivity index is 1.00. The molecule has 2 heteroatoms. The molecule has 0 N–H and O–H groups in total. The Labute approximate surface area is 371 Å². The topological polar surface area (TPSA) is 16.4 Å². The molecule has 300 valence electrons. The van der Waals surface area contributed by atoms with E-state index < -0.39 is 0 Å². The van der Waals surface area contributed by atoms with Crippen LogP contribution in [0.1, 0.15) is 36.1 Å². The second kappa shape index (κ2) is 13.0. The molecule has 0 fully saturated rings. The Morgan fingerprint density at radius 1 is 0.391 bits per heavy atom. The highest BCUT2D eigenvalue weighted by Gasteiger charge is 2.36. The maximum atomic E-state index is 7.03. The van der Waals surface area contributed by atoms with Gasteiger partial charge in [0.15, 0.2) is 0 Å². The van der Waals surface area contributed by atoms with Gasteiger partial charge < -0.3 is 9.32 Å². The Kier molecular flexibility index (Phi) is 7.26. The van der Waals surface area contributed by atoms with E-state index in [2.05, 4.69) is 219 Å². The van der Waals surface area contributed by atoms with E-state index in [9.17, 15) is 0 Å². The van der Waals surface area contributed by atoms with Crippen molar-refractivity contribution in [2.45, 2.75) is 25.7 Å². The fourth-order valence-electron chi connectivity index (χ4n) is 11.6. The normalized spacial score (nSPS) is 13.5. The number of anilines is 3. The highest BCUT2D eigenvalue weighted by Crippen LogP contribution is 2.52. The van der Waals surface area contributed by atoms with E-state index in [1.165, 1.54) is 93.2 Å². The third-order valence-electron chi connectivity index (χ3n) is 14.6. The average molecular weight is 816 g/mol. The largest absolute Gasteiger partial charge is 0.455 e. The first-order chi connectivity index (χ1) is 31.5. The van der Waals surface area contributed by atoms with E-state index in [1.807, 2.05) is 0 Å². The molecule has 64 heavy (non-hydrogen) atoms. The predicted molar refractivity (Wildman–Crippen MR) is 270 cm³/mol. The average Bonchev–Trinajstić information content (AvgIpc) is 3.97. The molecule has 2 aliphatic carbocycles. The van der Waals surface area contributed by atoms with Crippen LogP contribution in [-0.4, -0.2) is 0 Å². The molecule has 1 aromatic heterocycles. The summed E-state index contributed by atoms with van der Waals surface area (Å²) in [7, 11) is 0. The van der Waals surface area contributed by atoms with Crippen molar-refractivity contribution >= 4 is 82.1 Å². The molecule has 2 aliphatic rings. The van der Waals surface area contributed by atoms with E-state index >= 15 is 0 Å². The predicted octanol–water partition coefficient (Wildman–Crippen LogP) is 17.2. The van der Waals surface area contributed by atoms with Crippen LogP contribution in [-0.2, 0) is 11.8 Å². The quantitative estimate of drug-likeness (QED) is 0.165. The first-order valence-corrected chi connectivity index (χ1v) is 22.5. The van der Waals surface area contributed by atoms with E-state index in [1.54, 1.807) is 0 Å². The molecule has 0 aliphatic heterocycles. The van der Waals surface area contributed by atoms with Crippen molar-refractivity contribution in [3.05, 3.63) is 222 Å². The van der Waals surface area contributed by atoms with Crippen LogP contribution in [0.25, 0.3) is 98.4 Å². The van der Waals surface area contributed by atoms with Gasteiger partial charge in [0.2, 0.25) is 0 Å². The summed E-state index contributed by atoms with van der Waals surface area (Å²) in [5, 5.41) is 12.2. The summed E-state index contributed by atoms with van der Waals surface area (Å²) in [6.07, 6.45) is 0.944. The lowest BCUT2D eigenvalue weighted by molar-refractivity contribution is 0.660. The second-order valence-electron chi connectivity index (χ2n) is 18.4.